The lowest BCUT2D eigenvalue weighted by molar-refractivity contribution is -0.159. The molecular weight excluding hydrogens is 481 g/mol. The zero-order valence-corrected chi connectivity index (χ0v) is 22.0. The fourth-order valence-corrected chi connectivity index (χ4v) is 3.96. The molecule has 0 aromatic heterocycles. The summed E-state index contributed by atoms with van der Waals surface area (Å²) in [5.41, 5.74) is 5.19. The van der Waals surface area contributed by atoms with Crippen molar-refractivity contribution in [3.05, 3.63) is 0 Å². The summed E-state index contributed by atoms with van der Waals surface area (Å²) in [6.07, 6.45) is 13.2. The molecule has 0 rings (SSSR count). The van der Waals surface area contributed by atoms with Gasteiger partial charge in [-0.3, -0.25) is 23.4 Å². The Kier molecular flexibility index (Phi) is 19.8. The maximum absolute atomic E-state index is 12.0. The Balaban J connectivity index is 4.02. The molecule has 1 unspecified atom stereocenters. The third-order valence-electron chi connectivity index (χ3n) is 5.16. The number of carbonyl (C=O) groups excluding carboxylic acids is 2. The van der Waals surface area contributed by atoms with Crippen molar-refractivity contribution in [2.75, 3.05) is 19.8 Å². The number of esters is 2. The van der Waals surface area contributed by atoms with Crippen LogP contribution in [0.2, 0.25) is 0 Å². The fourth-order valence-electron chi connectivity index (χ4n) is 3.18. The van der Waals surface area contributed by atoms with E-state index in [0.29, 0.717) is 6.42 Å². The number of phosphoric acid groups is 1. The Hall–Kier alpha value is -1.52. The molecule has 11 nitrogen and oxygen atoms in total. The number of hydrogen-bond donors (Lipinski definition) is 3. The van der Waals surface area contributed by atoms with E-state index in [-0.39, 0.29) is 13.0 Å². The van der Waals surface area contributed by atoms with E-state index in [1.54, 1.807) is 0 Å². The van der Waals surface area contributed by atoms with Crippen LogP contribution in [-0.2, 0) is 37.5 Å². The summed E-state index contributed by atoms with van der Waals surface area (Å²) in [6.45, 7) is 1.64. The van der Waals surface area contributed by atoms with Crippen LogP contribution in [0.3, 0.4) is 0 Å². The minimum atomic E-state index is -4.65. The molecule has 4 N–H and O–H groups in total. The molecule has 0 spiro atoms. The molecule has 12 heteroatoms. The van der Waals surface area contributed by atoms with E-state index < -0.39 is 51.1 Å². The van der Waals surface area contributed by atoms with Crippen molar-refractivity contribution in [1.29, 1.82) is 0 Å². The third-order valence-corrected chi connectivity index (χ3v) is 6.11. The van der Waals surface area contributed by atoms with Gasteiger partial charge in [0.2, 0.25) is 0 Å². The summed E-state index contributed by atoms with van der Waals surface area (Å²) >= 11 is 0. The van der Waals surface area contributed by atoms with Crippen molar-refractivity contribution >= 4 is 25.7 Å². The van der Waals surface area contributed by atoms with Crippen LogP contribution in [0.15, 0.2) is 0 Å². The lowest BCUT2D eigenvalue weighted by Gasteiger charge is -2.19. The summed E-state index contributed by atoms with van der Waals surface area (Å²) in [4.78, 5) is 43.4. The molecule has 0 fully saturated rings. The van der Waals surface area contributed by atoms with Crippen LogP contribution in [-0.4, -0.2) is 59.9 Å². The molecule has 0 aliphatic carbocycles. The molecule has 0 radical (unpaired) electrons. The molecule has 35 heavy (non-hydrogen) atoms. The van der Waals surface area contributed by atoms with Gasteiger partial charge in [0.1, 0.15) is 12.6 Å². The van der Waals surface area contributed by atoms with Gasteiger partial charge in [-0.1, -0.05) is 77.6 Å². The van der Waals surface area contributed by atoms with Gasteiger partial charge in [0.25, 0.3) is 0 Å². The van der Waals surface area contributed by atoms with E-state index in [9.17, 15) is 23.8 Å². The van der Waals surface area contributed by atoms with Gasteiger partial charge in [0.05, 0.1) is 13.2 Å². The lowest BCUT2D eigenvalue weighted by atomic mass is 10.0. The minimum absolute atomic E-state index is 0.222. The Morgan fingerprint density at radius 2 is 1.31 bits per heavy atom. The van der Waals surface area contributed by atoms with Crippen molar-refractivity contribution in [1.82, 2.24) is 0 Å². The Morgan fingerprint density at radius 3 is 1.80 bits per heavy atom. The van der Waals surface area contributed by atoms with Gasteiger partial charge >= 0.3 is 25.7 Å². The average Bonchev–Trinajstić information content (AvgIpc) is 2.79. The van der Waals surface area contributed by atoms with E-state index in [2.05, 4.69) is 11.4 Å². The highest BCUT2D eigenvalue weighted by molar-refractivity contribution is 7.47. The first-order valence-corrected chi connectivity index (χ1v) is 14.0. The second-order valence-corrected chi connectivity index (χ2v) is 10.0. The number of nitrogens with two attached hydrogens (primary N) is 1. The number of carboxylic acids is 1. The van der Waals surface area contributed by atoms with Crippen molar-refractivity contribution in [2.45, 2.75) is 109 Å². The molecule has 0 saturated carbocycles. The highest BCUT2D eigenvalue weighted by atomic mass is 31.2. The number of hydrogen-bond acceptors (Lipinski definition) is 9. The molecule has 0 saturated heterocycles. The van der Waals surface area contributed by atoms with Crippen molar-refractivity contribution in [3.8, 4) is 0 Å². The number of unbranched alkanes of at least 4 members (excludes halogenated alkanes) is 11. The molecule has 0 aliphatic rings. The number of phosphoric ester groups is 1. The van der Waals surface area contributed by atoms with Crippen LogP contribution in [0.25, 0.3) is 0 Å². The first-order chi connectivity index (χ1) is 16.6. The standard InChI is InChI=1S/C23H44NO10P/c1-3-4-5-6-7-8-9-10-11-12-13-14-15-22(26)31-16-20(34-19(2)25)17-32-35(29,30)33-18-21(24)23(27)28/h20-21H,3-18,24H2,1-2H3,(H,27,28)(H,29,30)/t20-,21+/m1/s1. The van der Waals surface area contributed by atoms with Crippen LogP contribution in [0.4, 0.5) is 0 Å². The molecule has 0 amide bonds. The quantitative estimate of drug-likeness (QED) is 0.0996. The maximum atomic E-state index is 12.0. The Bertz CT molecular complexity index is 646. The Labute approximate surface area is 208 Å². The van der Waals surface area contributed by atoms with Gasteiger partial charge in [-0.05, 0) is 6.42 Å². The van der Waals surface area contributed by atoms with E-state index in [4.69, 9.17) is 24.8 Å². The number of carbonyl (C=O) groups is 3. The van der Waals surface area contributed by atoms with Gasteiger partial charge in [-0.2, -0.15) is 0 Å². The topological polar surface area (TPSA) is 172 Å². The SMILES string of the molecule is CCCCCCCCCCCCCCC(=O)OC[C@H](COP(=O)(O)OC[C@H](N)C(=O)O)OC(C)=O. The van der Waals surface area contributed by atoms with Gasteiger partial charge < -0.3 is 25.2 Å². The van der Waals surface area contributed by atoms with Crippen LogP contribution >= 0.6 is 7.82 Å². The van der Waals surface area contributed by atoms with E-state index in [1.807, 2.05) is 0 Å². The zero-order valence-electron chi connectivity index (χ0n) is 21.2. The summed E-state index contributed by atoms with van der Waals surface area (Å²) in [7, 11) is -4.65. The molecule has 0 aliphatic heterocycles. The number of aliphatic carboxylic acids is 1. The van der Waals surface area contributed by atoms with E-state index >= 15 is 0 Å². The fraction of sp³-hybridized carbons (Fsp3) is 0.870. The molecule has 0 aromatic rings. The van der Waals surface area contributed by atoms with Crippen molar-refractivity contribution in [3.63, 3.8) is 0 Å². The minimum Gasteiger partial charge on any atom is -0.480 e. The second-order valence-electron chi connectivity index (χ2n) is 8.56. The van der Waals surface area contributed by atoms with Crippen molar-refractivity contribution < 1.29 is 47.5 Å². The molecular formula is C23H44NO10P. The predicted octanol–water partition coefficient (Wildman–Crippen LogP) is 4.10. The summed E-state index contributed by atoms with van der Waals surface area (Å²) in [5.74, 6) is -2.58. The predicted molar refractivity (Wildman–Crippen MR) is 130 cm³/mol. The number of carboxylic acid groups (broad SMARTS) is 1. The van der Waals surface area contributed by atoms with Crippen molar-refractivity contribution in [2.24, 2.45) is 5.73 Å². The van der Waals surface area contributed by atoms with Crippen LogP contribution in [0.1, 0.15) is 97.3 Å². The largest absolute Gasteiger partial charge is 0.480 e. The molecule has 0 aromatic carbocycles. The summed E-state index contributed by atoms with van der Waals surface area (Å²) in [6, 6.07) is -1.51. The first kappa shape index (κ1) is 33.5. The highest BCUT2D eigenvalue weighted by Gasteiger charge is 2.27. The van der Waals surface area contributed by atoms with Gasteiger partial charge in [-0.15, -0.1) is 0 Å². The molecule has 206 valence electrons. The lowest BCUT2D eigenvalue weighted by Crippen LogP contribution is -2.34. The molecule has 0 heterocycles. The van der Waals surface area contributed by atoms with Crippen LogP contribution in [0.5, 0.6) is 0 Å². The highest BCUT2D eigenvalue weighted by Crippen LogP contribution is 2.43. The van der Waals surface area contributed by atoms with Crippen LogP contribution in [0, 0.1) is 0 Å². The third kappa shape index (κ3) is 21.5. The molecule has 0 bridgehead atoms. The van der Waals surface area contributed by atoms with Gasteiger partial charge in [0, 0.05) is 13.3 Å². The van der Waals surface area contributed by atoms with E-state index in [1.165, 1.54) is 51.4 Å². The maximum Gasteiger partial charge on any atom is 0.472 e. The summed E-state index contributed by atoms with van der Waals surface area (Å²) in [5, 5.41) is 8.66. The monoisotopic (exact) mass is 525 g/mol. The number of ether oxygens (including phenoxy) is 2. The Morgan fingerprint density at radius 1 is 0.829 bits per heavy atom. The molecule has 3 atom stereocenters. The number of rotatable bonds is 23. The smallest absolute Gasteiger partial charge is 0.472 e. The second kappa shape index (κ2) is 20.7. The van der Waals surface area contributed by atoms with E-state index in [0.717, 1.165) is 26.2 Å². The van der Waals surface area contributed by atoms with Gasteiger partial charge in [-0.25, -0.2) is 4.57 Å². The first-order valence-electron chi connectivity index (χ1n) is 12.5. The zero-order chi connectivity index (χ0) is 26.5. The van der Waals surface area contributed by atoms with Crippen LogP contribution < -0.4 is 5.73 Å². The van der Waals surface area contributed by atoms with Gasteiger partial charge in [0.15, 0.2) is 6.10 Å². The average molecular weight is 526 g/mol. The summed E-state index contributed by atoms with van der Waals surface area (Å²) < 4.78 is 31.0. The normalized spacial score (nSPS) is 14.6.